The van der Waals surface area contributed by atoms with Crippen LogP contribution in [0.3, 0.4) is 0 Å². The molecule has 1 saturated heterocycles. The van der Waals surface area contributed by atoms with Crippen LogP contribution in [0.15, 0.2) is 47.5 Å². The zero-order valence-corrected chi connectivity index (χ0v) is 14.2. The first kappa shape index (κ1) is 17.0. The van der Waals surface area contributed by atoms with Crippen LogP contribution in [0.1, 0.15) is 24.8 Å². The van der Waals surface area contributed by atoms with E-state index in [2.05, 4.69) is 16.0 Å². The Kier molecular flexibility index (Phi) is 5.28. The highest BCUT2D eigenvalue weighted by molar-refractivity contribution is 5.86. The van der Waals surface area contributed by atoms with Gasteiger partial charge < -0.3 is 9.64 Å². The molecule has 6 nitrogen and oxygen atoms in total. The second-order valence-electron chi connectivity index (χ2n) is 6.01. The zero-order chi connectivity index (χ0) is 17.6. The van der Waals surface area contributed by atoms with Crippen LogP contribution in [0.4, 0.5) is 17.1 Å². The first-order valence-corrected chi connectivity index (χ1v) is 8.39. The van der Waals surface area contributed by atoms with Gasteiger partial charge in [-0.05, 0) is 37.5 Å². The lowest BCUT2D eigenvalue weighted by Crippen LogP contribution is -2.29. The fourth-order valence-corrected chi connectivity index (χ4v) is 2.99. The number of ether oxygens (including phenoxy) is 1. The van der Waals surface area contributed by atoms with Gasteiger partial charge in [-0.15, -0.1) is 0 Å². The molecule has 0 saturated carbocycles. The third kappa shape index (κ3) is 4.15. The van der Waals surface area contributed by atoms with Crippen molar-refractivity contribution < 1.29 is 9.66 Å². The molecule has 0 spiro atoms. The minimum absolute atomic E-state index is 0.0297. The lowest BCUT2D eigenvalue weighted by Gasteiger charge is -2.29. The fraction of sp³-hybridized carbons (Fsp3) is 0.316. The molecule has 25 heavy (non-hydrogen) atoms. The van der Waals surface area contributed by atoms with E-state index in [1.807, 2.05) is 12.1 Å². The van der Waals surface area contributed by atoms with Gasteiger partial charge in [0.05, 0.1) is 17.7 Å². The van der Waals surface area contributed by atoms with Gasteiger partial charge in [0.1, 0.15) is 5.75 Å². The number of piperidine rings is 1. The highest BCUT2D eigenvalue weighted by atomic mass is 16.6. The first-order valence-electron chi connectivity index (χ1n) is 8.39. The number of anilines is 1. The van der Waals surface area contributed by atoms with Gasteiger partial charge in [0.15, 0.2) is 0 Å². The van der Waals surface area contributed by atoms with E-state index in [-0.39, 0.29) is 5.69 Å². The molecular formula is C19H21N3O3. The maximum absolute atomic E-state index is 10.8. The summed E-state index contributed by atoms with van der Waals surface area (Å²) >= 11 is 0. The number of benzene rings is 2. The Morgan fingerprint density at radius 3 is 2.68 bits per heavy atom. The van der Waals surface area contributed by atoms with Crippen LogP contribution < -0.4 is 9.64 Å². The van der Waals surface area contributed by atoms with Gasteiger partial charge in [0.2, 0.25) is 0 Å². The van der Waals surface area contributed by atoms with Gasteiger partial charge in [0, 0.05) is 48.8 Å². The van der Waals surface area contributed by atoms with E-state index in [1.54, 1.807) is 25.5 Å². The summed E-state index contributed by atoms with van der Waals surface area (Å²) in [4.78, 5) is 17.1. The van der Waals surface area contributed by atoms with Gasteiger partial charge in [-0.3, -0.25) is 15.1 Å². The van der Waals surface area contributed by atoms with Gasteiger partial charge in [-0.25, -0.2) is 0 Å². The quantitative estimate of drug-likeness (QED) is 0.461. The fourth-order valence-electron chi connectivity index (χ4n) is 2.99. The lowest BCUT2D eigenvalue weighted by molar-refractivity contribution is -0.384. The molecule has 1 aliphatic heterocycles. The SMILES string of the molecule is COc1cc(N2CCCCC2)ccc1C=Nc1cccc([N+](=O)[O-])c1. The molecule has 0 aliphatic carbocycles. The number of aliphatic imine (C=N–C) groups is 1. The second kappa shape index (κ2) is 7.79. The van der Waals surface area contributed by atoms with Crippen LogP contribution in [-0.4, -0.2) is 31.3 Å². The van der Waals surface area contributed by atoms with Crippen LogP contribution in [0.25, 0.3) is 0 Å². The summed E-state index contributed by atoms with van der Waals surface area (Å²) in [5, 5.41) is 10.8. The zero-order valence-electron chi connectivity index (χ0n) is 14.2. The minimum atomic E-state index is -0.424. The molecule has 0 amide bonds. The van der Waals surface area contributed by atoms with Gasteiger partial charge in [0.25, 0.3) is 5.69 Å². The van der Waals surface area contributed by atoms with Crippen molar-refractivity contribution in [2.75, 3.05) is 25.1 Å². The van der Waals surface area contributed by atoms with Crippen LogP contribution in [-0.2, 0) is 0 Å². The molecular weight excluding hydrogens is 318 g/mol. The minimum Gasteiger partial charge on any atom is -0.496 e. The van der Waals surface area contributed by atoms with Crippen LogP contribution >= 0.6 is 0 Å². The molecule has 0 N–H and O–H groups in total. The van der Waals surface area contributed by atoms with E-state index in [9.17, 15) is 10.1 Å². The highest BCUT2D eigenvalue weighted by Gasteiger charge is 2.13. The van der Waals surface area contributed by atoms with Crippen molar-refractivity contribution in [2.45, 2.75) is 19.3 Å². The Labute approximate surface area is 146 Å². The van der Waals surface area contributed by atoms with Gasteiger partial charge in [-0.2, -0.15) is 0 Å². The Balaban J connectivity index is 1.82. The standard InChI is InChI=1S/C19H21N3O3/c1-25-19-13-17(21-10-3-2-4-11-21)9-8-15(19)14-20-16-6-5-7-18(12-16)22(23)24/h5-9,12-14H,2-4,10-11H2,1H3. The second-order valence-corrected chi connectivity index (χ2v) is 6.01. The number of methoxy groups -OCH3 is 1. The summed E-state index contributed by atoms with van der Waals surface area (Å²) < 4.78 is 5.50. The van der Waals surface area contributed by atoms with E-state index in [4.69, 9.17) is 4.74 Å². The third-order valence-corrected chi connectivity index (χ3v) is 4.33. The molecule has 0 radical (unpaired) electrons. The average Bonchev–Trinajstić information content (AvgIpc) is 2.67. The van der Waals surface area contributed by atoms with Crippen molar-refractivity contribution in [1.29, 1.82) is 0 Å². The number of hydrogen-bond donors (Lipinski definition) is 0. The van der Waals surface area contributed by atoms with E-state index in [0.29, 0.717) is 5.69 Å². The molecule has 2 aromatic carbocycles. The van der Waals surface area contributed by atoms with Crippen molar-refractivity contribution in [2.24, 2.45) is 4.99 Å². The summed E-state index contributed by atoms with van der Waals surface area (Å²) in [7, 11) is 1.64. The summed E-state index contributed by atoms with van der Waals surface area (Å²) in [6, 6.07) is 12.3. The summed E-state index contributed by atoms with van der Waals surface area (Å²) in [6.07, 6.45) is 5.41. The summed E-state index contributed by atoms with van der Waals surface area (Å²) in [5.74, 6) is 0.747. The normalized spacial score (nSPS) is 14.7. The number of rotatable bonds is 5. The Hall–Kier alpha value is -2.89. The van der Waals surface area contributed by atoms with E-state index in [1.165, 1.54) is 31.4 Å². The largest absolute Gasteiger partial charge is 0.496 e. The van der Waals surface area contributed by atoms with Crippen LogP contribution in [0.5, 0.6) is 5.75 Å². The molecule has 1 aliphatic rings. The molecule has 130 valence electrons. The number of nitro benzene ring substituents is 1. The van der Waals surface area contributed by atoms with Crippen molar-refractivity contribution >= 4 is 23.3 Å². The van der Waals surface area contributed by atoms with Gasteiger partial charge in [-0.1, -0.05) is 6.07 Å². The van der Waals surface area contributed by atoms with E-state index < -0.39 is 4.92 Å². The molecule has 0 atom stereocenters. The molecule has 0 bridgehead atoms. The summed E-state index contributed by atoms with van der Waals surface area (Å²) in [5.41, 5.74) is 2.57. The Morgan fingerprint density at radius 2 is 1.96 bits per heavy atom. The molecule has 0 aromatic heterocycles. The smallest absolute Gasteiger partial charge is 0.271 e. The number of hydrogen-bond acceptors (Lipinski definition) is 5. The van der Waals surface area contributed by atoms with Crippen LogP contribution in [0, 0.1) is 10.1 Å². The number of nitro groups is 1. The number of non-ortho nitro benzene ring substituents is 1. The predicted octanol–water partition coefficient (Wildman–Crippen LogP) is 4.34. The van der Waals surface area contributed by atoms with Crippen molar-refractivity contribution in [3.8, 4) is 5.75 Å². The third-order valence-electron chi connectivity index (χ3n) is 4.33. The molecule has 2 aromatic rings. The lowest BCUT2D eigenvalue weighted by atomic mass is 10.1. The van der Waals surface area contributed by atoms with Crippen molar-refractivity contribution in [3.63, 3.8) is 0 Å². The van der Waals surface area contributed by atoms with E-state index in [0.717, 1.165) is 30.1 Å². The molecule has 1 fully saturated rings. The van der Waals surface area contributed by atoms with Crippen molar-refractivity contribution in [1.82, 2.24) is 0 Å². The first-order chi connectivity index (χ1) is 12.2. The predicted molar refractivity (Wildman–Crippen MR) is 99.4 cm³/mol. The topological polar surface area (TPSA) is 68.0 Å². The van der Waals surface area contributed by atoms with Crippen molar-refractivity contribution in [3.05, 3.63) is 58.1 Å². The van der Waals surface area contributed by atoms with Gasteiger partial charge >= 0.3 is 0 Å². The Morgan fingerprint density at radius 1 is 1.16 bits per heavy atom. The molecule has 0 unspecified atom stereocenters. The van der Waals surface area contributed by atoms with E-state index >= 15 is 0 Å². The maximum atomic E-state index is 10.8. The monoisotopic (exact) mass is 339 g/mol. The maximum Gasteiger partial charge on any atom is 0.271 e. The molecule has 3 rings (SSSR count). The molecule has 1 heterocycles. The highest BCUT2D eigenvalue weighted by Crippen LogP contribution is 2.27. The summed E-state index contributed by atoms with van der Waals surface area (Å²) in [6.45, 7) is 2.15. The number of nitrogens with zero attached hydrogens (tertiary/aromatic N) is 3. The average molecular weight is 339 g/mol. The van der Waals surface area contributed by atoms with Crippen LogP contribution in [0.2, 0.25) is 0 Å². The Bertz CT molecular complexity index is 783. The molecule has 6 heteroatoms.